The van der Waals surface area contributed by atoms with Crippen molar-refractivity contribution in [3.05, 3.63) is 120 Å². The molecule has 0 fully saturated rings. The molecule has 0 atom stereocenters. The first-order valence-electron chi connectivity index (χ1n) is 13.6. The number of nitrogens with zero attached hydrogens (tertiary/aromatic N) is 6. The van der Waals surface area contributed by atoms with E-state index in [-0.39, 0.29) is 5.57 Å². The summed E-state index contributed by atoms with van der Waals surface area (Å²) in [5, 5.41) is 19.8. The van der Waals surface area contributed by atoms with E-state index in [2.05, 4.69) is 67.2 Å². The van der Waals surface area contributed by atoms with Crippen molar-refractivity contribution in [1.82, 2.24) is 18.7 Å². The number of hydrogen-bond acceptors (Lipinski definition) is 10. The van der Waals surface area contributed by atoms with Crippen molar-refractivity contribution < 1.29 is 9.90 Å². The Morgan fingerprint density at radius 3 is 1.87 bits per heavy atom. The van der Waals surface area contributed by atoms with E-state index in [1.54, 1.807) is 23.6 Å². The average molecular weight is 641 g/mol. The molecule has 4 aromatic carbocycles. The first-order valence-corrected chi connectivity index (χ1v) is 16.0. The predicted molar refractivity (Wildman–Crippen MR) is 181 cm³/mol. The fourth-order valence-electron chi connectivity index (χ4n) is 4.88. The lowest BCUT2D eigenvalue weighted by Crippen LogP contribution is -2.09. The van der Waals surface area contributed by atoms with Gasteiger partial charge < -0.3 is 10.0 Å². The summed E-state index contributed by atoms with van der Waals surface area (Å²) in [5.41, 5.74) is 7.03. The van der Waals surface area contributed by atoms with E-state index in [0.717, 1.165) is 60.9 Å². The van der Waals surface area contributed by atoms with Gasteiger partial charge in [-0.2, -0.15) is 14.0 Å². The molecule has 0 radical (unpaired) electrons. The van der Waals surface area contributed by atoms with Crippen LogP contribution in [0.15, 0.2) is 115 Å². The van der Waals surface area contributed by atoms with E-state index in [9.17, 15) is 9.90 Å². The number of carbonyl (C=O) groups is 1. The second-order valence-electron chi connectivity index (χ2n) is 9.75. The number of fused-ring (bicyclic) bond motifs is 1. The molecule has 0 bridgehead atoms. The van der Waals surface area contributed by atoms with E-state index in [1.807, 2.05) is 54.7 Å². The van der Waals surface area contributed by atoms with E-state index in [0.29, 0.717) is 15.4 Å². The van der Waals surface area contributed by atoms with E-state index < -0.39 is 5.97 Å². The number of nitriles is 1. The molecule has 0 aliphatic carbocycles. The Balaban J connectivity index is 1.18. The van der Waals surface area contributed by atoms with Crippen LogP contribution in [-0.4, -0.2) is 29.8 Å². The summed E-state index contributed by atoms with van der Waals surface area (Å²) >= 11 is 3.99. The zero-order valence-corrected chi connectivity index (χ0v) is 25.7. The van der Waals surface area contributed by atoms with E-state index in [4.69, 9.17) is 10.2 Å². The SMILES string of the molecule is N#C/C(=C/c1cnc(-c2ccc(-c3ncc(-c4ccc(N(c5ccccc5)c5ccccc5)cc4)s3)c3nsnc23)s1)C(=O)O. The summed E-state index contributed by atoms with van der Waals surface area (Å²) in [4.78, 5) is 24.3. The molecule has 0 unspecified atom stereocenters. The van der Waals surface area contributed by atoms with Crippen molar-refractivity contribution in [2.75, 3.05) is 4.90 Å². The number of aromatic nitrogens is 4. The van der Waals surface area contributed by atoms with Crippen LogP contribution in [0.3, 0.4) is 0 Å². The van der Waals surface area contributed by atoms with Crippen molar-refractivity contribution in [3.63, 3.8) is 0 Å². The number of para-hydroxylation sites is 2. The van der Waals surface area contributed by atoms with Crippen LogP contribution in [0.2, 0.25) is 0 Å². The molecule has 3 heterocycles. The number of hydrogen-bond donors (Lipinski definition) is 1. The third-order valence-corrected chi connectivity index (χ3v) is 9.57. The maximum Gasteiger partial charge on any atom is 0.346 e. The monoisotopic (exact) mass is 640 g/mol. The highest BCUT2D eigenvalue weighted by Gasteiger charge is 2.19. The molecule has 0 aliphatic rings. The number of rotatable bonds is 8. The van der Waals surface area contributed by atoms with Gasteiger partial charge in [-0.15, -0.1) is 22.7 Å². The summed E-state index contributed by atoms with van der Waals surface area (Å²) < 4.78 is 9.12. The van der Waals surface area contributed by atoms with Crippen molar-refractivity contribution in [2.45, 2.75) is 0 Å². The Morgan fingerprint density at radius 2 is 1.29 bits per heavy atom. The van der Waals surface area contributed by atoms with Crippen molar-refractivity contribution in [1.29, 1.82) is 5.26 Å². The highest BCUT2D eigenvalue weighted by Crippen LogP contribution is 2.40. The summed E-state index contributed by atoms with van der Waals surface area (Å²) in [6, 6.07) is 34.7. The standard InChI is InChI=1S/C34H20N6O2S3/c35-18-22(34(41)42)17-26-19-36-32(43-26)27-15-16-28(31-30(27)38-45-39-31)33-37-20-29(44-33)21-11-13-25(14-12-21)40(23-7-3-1-4-8-23)24-9-5-2-6-10-24/h1-17,19-20H,(H,41,42)/b22-17-. The fourth-order valence-corrected chi connectivity index (χ4v) is 7.29. The molecule has 45 heavy (non-hydrogen) atoms. The molecule has 8 nitrogen and oxygen atoms in total. The van der Waals surface area contributed by atoms with Crippen LogP contribution in [-0.2, 0) is 4.79 Å². The topological polar surface area (TPSA) is 116 Å². The number of carboxylic acid groups (broad SMARTS) is 1. The van der Waals surface area contributed by atoms with Gasteiger partial charge in [0.2, 0.25) is 0 Å². The zero-order valence-electron chi connectivity index (χ0n) is 23.2. The molecule has 7 rings (SSSR count). The third-order valence-electron chi connectivity index (χ3n) is 6.98. The molecule has 1 N–H and O–H groups in total. The first-order chi connectivity index (χ1) is 22.1. The molecular formula is C34H20N6O2S3. The minimum atomic E-state index is -1.28. The fraction of sp³-hybridized carbons (Fsp3) is 0. The highest BCUT2D eigenvalue weighted by atomic mass is 32.1. The van der Waals surface area contributed by atoms with Crippen LogP contribution >= 0.6 is 34.4 Å². The summed E-state index contributed by atoms with van der Waals surface area (Å²) in [6.45, 7) is 0. The largest absolute Gasteiger partial charge is 0.477 e. The lowest BCUT2D eigenvalue weighted by atomic mass is 10.1. The van der Waals surface area contributed by atoms with E-state index in [1.165, 1.54) is 17.4 Å². The predicted octanol–water partition coefficient (Wildman–Crippen LogP) is 9.07. The van der Waals surface area contributed by atoms with Gasteiger partial charge in [-0.1, -0.05) is 48.5 Å². The second-order valence-corrected chi connectivity index (χ2v) is 12.4. The number of benzene rings is 4. The zero-order chi connectivity index (χ0) is 30.8. The van der Waals surface area contributed by atoms with Gasteiger partial charge in [-0.05, 0) is 60.2 Å². The highest BCUT2D eigenvalue weighted by molar-refractivity contribution is 7.18. The minimum Gasteiger partial charge on any atom is -0.477 e. The second kappa shape index (κ2) is 12.2. The van der Waals surface area contributed by atoms with Crippen LogP contribution in [0, 0.1) is 11.3 Å². The van der Waals surface area contributed by atoms with Gasteiger partial charge >= 0.3 is 5.97 Å². The molecule has 0 saturated heterocycles. The van der Waals surface area contributed by atoms with Crippen molar-refractivity contribution >= 4 is 74.5 Å². The summed E-state index contributed by atoms with van der Waals surface area (Å²) in [7, 11) is 0. The minimum absolute atomic E-state index is 0.347. The molecule has 11 heteroatoms. The maximum atomic E-state index is 11.2. The number of aliphatic carboxylic acids is 1. The average Bonchev–Trinajstić information content (AvgIpc) is 3.86. The molecule has 7 aromatic rings. The van der Waals surface area contributed by atoms with Gasteiger partial charge in [0.25, 0.3) is 0 Å². The Labute approximate surface area is 269 Å². The third kappa shape index (κ3) is 5.61. The Kier molecular flexibility index (Phi) is 7.67. The van der Waals surface area contributed by atoms with Crippen molar-refractivity contribution in [3.8, 4) is 37.7 Å². The van der Waals surface area contributed by atoms with Crippen LogP contribution in [0.1, 0.15) is 4.88 Å². The van der Waals surface area contributed by atoms with Crippen LogP contribution in [0.25, 0.3) is 48.7 Å². The van der Waals surface area contributed by atoms with Crippen LogP contribution in [0.5, 0.6) is 0 Å². The molecular weight excluding hydrogens is 621 g/mol. The molecule has 0 amide bonds. The molecule has 0 spiro atoms. The first kappa shape index (κ1) is 28.2. The number of anilines is 3. The quantitative estimate of drug-likeness (QED) is 0.129. The Morgan fingerprint density at radius 1 is 0.733 bits per heavy atom. The van der Waals surface area contributed by atoms with Gasteiger partial charge in [0, 0.05) is 45.5 Å². The molecule has 216 valence electrons. The number of thiazole rings is 2. The lowest BCUT2D eigenvalue weighted by molar-refractivity contribution is -0.132. The maximum absolute atomic E-state index is 11.2. The molecule has 3 aromatic heterocycles. The van der Waals surface area contributed by atoms with Crippen LogP contribution < -0.4 is 4.90 Å². The summed E-state index contributed by atoms with van der Waals surface area (Å²) in [5.74, 6) is -1.28. The lowest BCUT2D eigenvalue weighted by Gasteiger charge is -2.25. The molecule has 0 saturated carbocycles. The van der Waals surface area contributed by atoms with Crippen molar-refractivity contribution in [2.24, 2.45) is 0 Å². The van der Waals surface area contributed by atoms with Gasteiger partial charge in [0.1, 0.15) is 32.7 Å². The van der Waals surface area contributed by atoms with Gasteiger partial charge in [-0.3, -0.25) is 0 Å². The van der Waals surface area contributed by atoms with Gasteiger partial charge in [-0.25, -0.2) is 14.8 Å². The van der Waals surface area contributed by atoms with Gasteiger partial charge in [0.15, 0.2) is 0 Å². The molecule has 0 aliphatic heterocycles. The van der Waals surface area contributed by atoms with Crippen LogP contribution in [0.4, 0.5) is 17.1 Å². The van der Waals surface area contributed by atoms with Gasteiger partial charge in [0.05, 0.1) is 16.6 Å². The van der Waals surface area contributed by atoms with E-state index >= 15 is 0 Å². The summed E-state index contributed by atoms with van der Waals surface area (Å²) in [6.07, 6.45) is 4.76. The Hall–Kier alpha value is -5.54. The normalized spacial score (nSPS) is 11.4. The number of carboxylic acids is 1. The smallest absolute Gasteiger partial charge is 0.346 e. The Bertz CT molecular complexity index is 2180.